The zero-order chi connectivity index (χ0) is 17.3. The van der Waals surface area contributed by atoms with Crippen LogP contribution in [0.25, 0.3) is 0 Å². The maximum atomic E-state index is 8.87. The highest BCUT2D eigenvalue weighted by Gasteiger charge is 2.42. The average molecular weight is 328 g/mol. The van der Waals surface area contributed by atoms with Crippen LogP contribution in [0.4, 0.5) is 0 Å². The van der Waals surface area contributed by atoms with Gasteiger partial charge in [0.1, 0.15) is 0 Å². The highest BCUT2D eigenvalue weighted by molar-refractivity contribution is 6.13. The van der Waals surface area contributed by atoms with Crippen molar-refractivity contribution in [2.45, 2.75) is 85.5 Å². The molecule has 0 spiro atoms. The van der Waals surface area contributed by atoms with Crippen molar-refractivity contribution in [1.82, 2.24) is 0 Å². The first-order valence-corrected chi connectivity index (χ1v) is 7.51. The van der Waals surface area contributed by atoms with E-state index in [1.165, 1.54) is 0 Å². The zero-order valence-corrected chi connectivity index (χ0v) is 13.8. The highest BCUT2D eigenvalue weighted by atomic mass is 16.3. The summed E-state index contributed by atoms with van der Waals surface area (Å²) < 4.78 is 0. The van der Waals surface area contributed by atoms with E-state index in [-0.39, 0.29) is 26.7 Å². The van der Waals surface area contributed by atoms with E-state index in [0.717, 1.165) is 0 Å². The Morgan fingerprint density at radius 1 is 0.739 bits per heavy atom. The first-order valence-electron chi connectivity index (χ1n) is 7.51. The van der Waals surface area contributed by atoms with Crippen LogP contribution in [0.1, 0.15) is 49.5 Å². The first-order chi connectivity index (χ1) is 9.70. The van der Waals surface area contributed by atoms with E-state index in [1.807, 2.05) is 20.8 Å². The van der Waals surface area contributed by atoms with Crippen molar-refractivity contribution in [3.05, 3.63) is 12.7 Å². The van der Waals surface area contributed by atoms with E-state index in [1.54, 1.807) is 19.9 Å². The largest absolute Gasteiger partial charge is 0.393 e. The molecule has 0 aromatic carbocycles. The van der Waals surface area contributed by atoms with Crippen LogP contribution in [0.5, 0.6) is 0 Å². The second-order valence-corrected chi connectivity index (χ2v) is 5.24. The lowest BCUT2D eigenvalue weighted by Gasteiger charge is -2.43. The van der Waals surface area contributed by atoms with Crippen molar-refractivity contribution in [3.8, 4) is 0 Å². The molecule has 4 N–H and O–H groups in total. The molecule has 136 valence electrons. The lowest BCUT2D eigenvalue weighted by molar-refractivity contribution is -0.0806. The van der Waals surface area contributed by atoms with Crippen molar-refractivity contribution in [1.29, 1.82) is 0 Å². The molecule has 4 atom stereocenters. The summed E-state index contributed by atoms with van der Waals surface area (Å²) in [5.74, 6) is -0.898. The molecule has 4 nitrogen and oxygen atoms in total. The zero-order valence-electron chi connectivity index (χ0n) is 13.8. The van der Waals surface area contributed by atoms with Crippen LogP contribution in [0.3, 0.4) is 0 Å². The molecule has 0 bridgehead atoms. The summed E-state index contributed by atoms with van der Waals surface area (Å²) in [7, 11) is 10.5. The molecule has 6 heteroatoms. The fourth-order valence-electron chi connectivity index (χ4n) is 1.92. The van der Waals surface area contributed by atoms with Gasteiger partial charge in [-0.15, -0.1) is 6.58 Å². The average Bonchev–Trinajstić information content (AvgIpc) is 2.54. The summed E-state index contributed by atoms with van der Waals surface area (Å²) in [6, 6.07) is 0. The smallest absolute Gasteiger partial charge is 0.0770 e. The number of aliphatic hydroxyl groups is 4. The van der Waals surface area contributed by atoms with Crippen LogP contribution < -0.4 is 0 Å². The fourth-order valence-corrected chi connectivity index (χ4v) is 1.92. The molecule has 2 saturated carbocycles. The van der Waals surface area contributed by atoms with Gasteiger partial charge >= 0.3 is 0 Å². The molecule has 2 aliphatic carbocycles. The molecule has 2 aliphatic rings. The number of allylic oxidation sites excluding steroid dienone is 1. The van der Waals surface area contributed by atoms with Gasteiger partial charge in [-0.2, -0.15) is 0 Å². The van der Waals surface area contributed by atoms with E-state index in [2.05, 4.69) is 6.58 Å². The molecule has 0 aromatic heterocycles. The number of hydrogen-bond acceptors (Lipinski definition) is 4. The van der Waals surface area contributed by atoms with Gasteiger partial charge in [0.15, 0.2) is 0 Å². The van der Waals surface area contributed by atoms with E-state index in [4.69, 9.17) is 36.1 Å². The van der Waals surface area contributed by atoms with Crippen LogP contribution in [-0.2, 0) is 0 Å². The minimum absolute atomic E-state index is 0. The Bertz CT molecular complexity index is 191. The van der Waals surface area contributed by atoms with E-state index < -0.39 is 36.1 Å². The molecule has 23 heavy (non-hydrogen) atoms. The summed E-state index contributed by atoms with van der Waals surface area (Å²) in [6.45, 7) is 12.8. The summed E-state index contributed by atoms with van der Waals surface area (Å²) in [6.07, 6.45) is -0.231. The third-order valence-electron chi connectivity index (χ3n) is 3.73. The van der Waals surface area contributed by atoms with Gasteiger partial charge in [0, 0.05) is 11.8 Å². The number of rotatable bonds is 0. The van der Waals surface area contributed by atoms with E-state index >= 15 is 0 Å². The van der Waals surface area contributed by atoms with Crippen molar-refractivity contribution >= 4 is 15.7 Å². The van der Waals surface area contributed by atoms with Crippen molar-refractivity contribution in [2.75, 3.05) is 0 Å². The van der Waals surface area contributed by atoms with Crippen LogP contribution in [0, 0.1) is 11.8 Å². The van der Waals surface area contributed by atoms with Crippen molar-refractivity contribution in [2.24, 2.45) is 11.8 Å². The van der Waals surface area contributed by atoms with Gasteiger partial charge in [-0.3, -0.25) is 0 Å². The SMILES string of the molecule is C.C.C=CC.CC.[B]C1C(O)C(C)C1O.[B]C1C(O)C(C)C1O. The minimum atomic E-state index is -0.495. The quantitative estimate of drug-likeness (QED) is 0.406. The predicted molar refractivity (Wildman–Crippen MR) is 102 cm³/mol. The van der Waals surface area contributed by atoms with Gasteiger partial charge in [-0.25, -0.2) is 0 Å². The Morgan fingerprint density at radius 2 is 0.870 bits per heavy atom. The first kappa shape index (κ1) is 30.6. The molecule has 4 unspecified atom stereocenters. The molecular weight excluding hydrogens is 290 g/mol. The van der Waals surface area contributed by atoms with Gasteiger partial charge in [0.05, 0.1) is 40.1 Å². The minimum Gasteiger partial charge on any atom is -0.393 e. The molecule has 0 aromatic rings. The third-order valence-corrected chi connectivity index (χ3v) is 3.73. The monoisotopic (exact) mass is 328 g/mol. The molecule has 0 heterocycles. The van der Waals surface area contributed by atoms with Crippen LogP contribution in [-0.4, -0.2) is 60.5 Å². The summed E-state index contributed by atoms with van der Waals surface area (Å²) in [5, 5.41) is 35.5. The molecule has 4 radical (unpaired) electrons. The second kappa shape index (κ2) is 15.3. The van der Waals surface area contributed by atoms with Crippen molar-refractivity contribution < 1.29 is 20.4 Å². The lowest BCUT2D eigenvalue weighted by atomic mass is 9.60. The molecule has 0 saturated heterocycles. The lowest BCUT2D eigenvalue weighted by Crippen LogP contribution is -2.49. The second-order valence-electron chi connectivity index (χ2n) is 5.24. The molecule has 2 rings (SSSR count). The van der Waals surface area contributed by atoms with Gasteiger partial charge in [-0.05, 0) is 18.6 Å². The fraction of sp³-hybridized carbons (Fsp3) is 0.882. The third kappa shape index (κ3) is 8.39. The van der Waals surface area contributed by atoms with Crippen LogP contribution >= 0.6 is 0 Å². The predicted octanol–water partition coefficient (Wildman–Crippen LogP) is 2.12. The van der Waals surface area contributed by atoms with Gasteiger partial charge < -0.3 is 20.4 Å². The van der Waals surface area contributed by atoms with Crippen molar-refractivity contribution in [3.63, 3.8) is 0 Å². The maximum absolute atomic E-state index is 8.87. The molecule has 0 amide bonds. The standard InChI is InChI=1S/2C5H9BO2.C3H6.C2H6.2CH4/c2*1-2-4(7)3(6)5(2)8;1-3-2;1-2;;/h2*2-5,7-8H,1H3;3H,1H2,2H3;1-2H3;2*1H4. The number of hydrogen-bond donors (Lipinski definition) is 4. The Balaban J connectivity index is -0.000000115. The Labute approximate surface area is 146 Å². The van der Waals surface area contributed by atoms with E-state index in [0.29, 0.717) is 0 Å². The molecular formula is C17H38B2O4. The maximum Gasteiger partial charge on any atom is 0.0770 e. The van der Waals surface area contributed by atoms with Gasteiger partial charge in [0.2, 0.25) is 0 Å². The summed E-state index contributed by atoms with van der Waals surface area (Å²) in [4.78, 5) is 0. The Morgan fingerprint density at radius 3 is 0.913 bits per heavy atom. The Kier molecular flexibility index (Phi) is 20.3. The van der Waals surface area contributed by atoms with Crippen LogP contribution in [0.15, 0.2) is 12.7 Å². The number of aliphatic hydroxyl groups excluding tert-OH is 4. The Hall–Kier alpha value is -0.290. The normalized spacial score (nSPS) is 39.3. The summed E-state index contributed by atoms with van der Waals surface area (Å²) >= 11 is 0. The highest BCUT2D eigenvalue weighted by Crippen LogP contribution is 2.36. The van der Waals surface area contributed by atoms with Gasteiger partial charge in [-0.1, -0.05) is 48.6 Å². The van der Waals surface area contributed by atoms with E-state index in [9.17, 15) is 0 Å². The molecule has 0 aliphatic heterocycles. The molecule has 2 fully saturated rings. The topological polar surface area (TPSA) is 80.9 Å². The van der Waals surface area contributed by atoms with Crippen LogP contribution in [0.2, 0.25) is 11.6 Å². The van der Waals surface area contributed by atoms with Gasteiger partial charge in [0.25, 0.3) is 0 Å². The summed E-state index contributed by atoms with van der Waals surface area (Å²) in [5.41, 5.74) is 0.